The summed E-state index contributed by atoms with van der Waals surface area (Å²) in [4.78, 5) is 15.4. The summed E-state index contributed by atoms with van der Waals surface area (Å²) in [6.45, 7) is 6.93. The fourth-order valence-corrected chi connectivity index (χ4v) is 2.25. The molecule has 0 fully saturated rings. The minimum Gasteiger partial charge on any atom is -0.496 e. The van der Waals surface area contributed by atoms with Crippen LogP contribution in [0.2, 0.25) is 0 Å². The van der Waals surface area contributed by atoms with Crippen LogP contribution in [-0.4, -0.2) is 23.5 Å². The maximum absolute atomic E-state index is 11.2. The van der Waals surface area contributed by atoms with Crippen LogP contribution in [0.15, 0.2) is 48.2 Å². The van der Waals surface area contributed by atoms with Crippen LogP contribution in [0.4, 0.5) is 0 Å². The average Bonchev–Trinajstić information content (AvgIpc) is 2.85. The van der Waals surface area contributed by atoms with Gasteiger partial charge in [-0.3, -0.25) is 4.79 Å². The molecule has 1 heterocycles. The van der Waals surface area contributed by atoms with E-state index in [1.165, 1.54) is 20.2 Å². The van der Waals surface area contributed by atoms with E-state index in [2.05, 4.69) is 11.6 Å². The van der Waals surface area contributed by atoms with Crippen molar-refractivity contribution in [3.8, 4) is 17.2 Å². The van der Waals surface area contributed by atoms with Gasteiger partial charge in [-0.25, -0.2) is 4.99 Å². The zero-order valence-electron chi connectivity index (χ0n) is 14.2. The molecule has 6 nitrogen and oxygen atoms in total. The Morgan fingerprint density at radius 2 is 1.83 bits per heavy atom. The molecule has 1 aromatic heterocycles. The molecule has 0 aliphatic rings. The van der Waals surface area contributed by atoms with E-state index in [1.807, 2.05) is 30.8 Å². The van der Waals surface area contributed by atoms with Crippen molar-refractivity contribution in [2.24, 2.45) is 12.0 Å². The van der Waals surface area contributed by atoms with Crippen LogP contribution in [0.25, 0.3) is 0 Å². The quantitative estimate of drug-likeness (QED) is 0.366. The number of rotatable bonds is 5. The average molecular weight is 328 g/mol. The third-order valence-corrected chi connectivity index (χ3v) is 3.25. The molecule has 0 spiro atoms. The van der Waals surface area contributed by atoms with Crippen LogP contribution >= 0.6 is 0 Å². The van der Waals surface area contributed by atoms with E-state index in [4.69, 9.17) is 14.2 Å². The lowest BCUT2D eigenvalue weighted by molar-refractivity contribution is -0.131. The number of carbonyl (C=O) groups is 1. The Labute approximate surface area is 141 Å². The lowest BCUT2D eigenvalue weighted by Crippen LogP contribution is -2.15. The first kappa shape index (κ1) is 17.3. The van der Waals surface area contributed by atoms with E-state index in [0.29, 0.717) is 23.1 Å². The summed E-state index contributed by atoms with van der Waals surface area (Å²) in [7, 11) is 3.43. The van der Waals surface area contributed by atoms with Crippen LogP contribution in [-0.2, 0) is 11.8 Å². The summed E-state index contributed by atoms with van der Waals surface area (Å²) in [5.74, 6) is 1.24. The van der Waals surface area contributed by atoms with Gasteiger partial charge >= 0.3 is 5.97 Å². The highest BCUT2D eigenvalue weighted by molar-refractivity contribution is 5.96. The van der Waals surface area contributed by atoms with Gasteiger partial charge in [-0.1, -0.05) is 6.58 Å². The Morgan fingerprint density at radius 3 is 2.33 bits per heavy atom. The van der Waals surface area contributed by atoms with Gasteiger partial charge in [0.2, 0.25) is 5.90 Å². The highest BCUT2D eigenvalue weighted by Crippen LogP contribution is 2.29. The lowest BCUT2D eigenvalue weighted by Gasteiger charge is -2.13. The fraction of sp³-hybridized carbons (Fsp3) is 0.222. The summed E-state index contributed by atoms with van der Waals surface area (Å²) in [6, 6.07) is 6.85. The summed E-state index contributed by atoms with van der Waals surface area (Å²) in [5, 5.41) is 0. The van der Waals surface area contributed by atoms with Crippen LogP contribution in [0.5, 0.6) is 17.2 Å². The third kappa shape index (κ3) is 4.04. The summed E-state index contributed by atoms with van der Waals surface area (Å²) in [6.07, 6.45) is 3.33. The molecule has 0 atom stereocenters. The molecule has 2 rings (SSSR count). The Balaban J connectivity index is 2.41. The number of aromatic nitrogens is 1. The number of esters is 1. The van der Waals surface area contributed by atoms with Gasteiger partial charge in [0.25, 0.3) is 0 Å². The van der Waals surface area contributed by atoms with Crippen molar-refractivity contribution in [3.63, 3.8) is 0 Å². The Hall–Kier alpha value is -3.02. The highest BCUT2D eigenvalue weighted by Gasteiger charge is 2.15. The van der Waals surface area contributed by atoms with Gasteiger partial charge in [-0.2, -0.15) is 0 Å². The molecule has 126 valence electrons. The normalized spacial score (nSPS) is 11.1. The minimum absolute atomic E-state index is 0.332. The number of carbonyl (C=O) groups excluding carboxylic acids is 1. The number of methoxy groups -OCH3 is 1. The smallest absolute Gasteiger partial charge is 0.308 e. The second kappa shape index (κ2) is 7.50. The molecule has 0 N–H and O–H groups in total. The van der Waals surface area contributed by atoms with Crippen LogP contribution in [0, 0.1) is 6.92 Å². The fourth-order valence-electron chi connectivity index (χ4n) is 2.25. The number of hydrogen-bond donors (Lipinski definition) is 0. The van der Waals surface area contributed by atoms with E-state index in [9.17, 15) is 4.79 Å². The van der Waals surface area contributed by atoms with Crippen molar-refractivity contribution in [2.45, 2.75) is 13.8 Å². The lowest BCUT2D eigenvalue weighted by atomic mass is 10.2. The van der Waals surface area contributed by atoms with Crippen molar-refractivity contribution >= 4 is 11.9 Å². The molecule has 0 unspecified atom stereocenters. The molecule has 2 aromatic rings. The zero-order chi connectivity index (χ0) is 17.7. The van der Waals surface area contributed by atoms with Crippen molar-refractivity contribution in [1.29, 1.82) is 0 Å². The SMILES string of the molecule is C=CN=C(Oc1cc(OC)cc(OC(C)=O)c1)c1c(C)ccn1C. The highest BCUT2D eigenvalue weighted by atomic mass is 16.5. The number of ether oxygens (including phenoxy) is 3. The molecule has 0 saturated carbocycles. The van der Waals surface area contributed by atoms with Crippen LogP contribution < -0.4 is 14.2 Å². The van der Waals surface area contributed by atoms with E-state index in [-0.39, 0.29) is 0 Å². The number of aryl methyl sites for hydroxylation is 2. The molecular weight excluding hydrogens is 308 g/mol. The first-order chi connectivity index (χ1) is 11.4. The van der Waals surface area contributed by atoms with E-state index < -0.39 is 5.97 Å². The maximum Gasteiger partial charge on any atom is 0.308 e. The van der Waals surface area contributed by atoms with Crippen molar-refractivity contribution < 1.29 is 19.0 Å². The molecule has 1 aromatic carbocycles. The topological polar surface area (TPSA) is 62.0 Å². The minimum atomic E-state index is -0.424. The standard InChI is InChI=1S/C18H20N2O4/c1-6-19-18(17-12(2)7-8-20(17)4)24-16-10-14(22-5)9-15(11-16)23-13(3)21/h6-11H,1H2,2-5H3. The summed E-state index contributed by atoms with van der Waals surface area (Å²) < 4.78 is 18.2. The van der Waals surface area contributed by atoms with Gasteiger partial charge in [0, 0.05) is 44.6 Å². The van der Waals surface area contributed by atoms with Crippen molar-refractivity contribution in [1.82, 2.24) is 4.57 Å². The summed E-state index contributed by atoms with van der Waals surface area (Å²) in [5.41, 5.74) is 1.84. The van der Waals surface area contributed by atoms with Crippen molar-refractivity contribution in [3.05, 3.63) is 54.5 Å². The molecular formula is C18H20N2O4. The Bertz CT molecular complexity index is 771. The van der Waals surface area contributed by atoms with Gasteiger partial charge < -0.3 is 18.8 Å². The largest absolute Gasteiger partial charge is 0.496 e. The molecule has 0 aliphatic heterocycles. The Kier molecular flexibility index (Phi) is 5.42. The van der Waals surface area contributed by atoms with Gasteiger partial charge in [-0.15, -0.1) is 0 Å². The molecule has 24 heavy (non-hydrogen) atoms. The first-order valence-corrected chi connectivity index (χ1v) is 7.31. The predicted octanol–water partition coefficient (Wildman–Crippen LogP) is 3.24. The molecule has 0 aliphatic carbocycles. The van der Waals surface area contributed by atoms with E-state index >= 15 is 0 Å². The summed E-state index contributed by atoms with van der Waals surface area (Å²) >= 11 is 0. The van der Waals surface area contributed by atoms with Crippen molar-refractivity contribution in [2.75, 3.05) is 7.11 Å². The van der Waals surface area contributed by atoms with Crippen LogP contribution in [0.1, 0.15) is 18.2 Å². The monoisotopic (exact) mass is 328 g/mol. The maximum atomic E-state index is 11.2. The number of benzene rings is 1. The zero-order valence-corrected chi connectivity index (χ0v) is 14.2. The van der Waals surface area contributed by atoms with Gasteiger partial charge in [0.15, 0.2) is 0 Å². The van der Waals surface area contributed by atoms with Gasteiger partial charge in [-0.05, 0) is 18.6 Å². The number of hydrogen-bond acceptors (Lipinski definition) is 5. The van der Waals surface area contributed by atoms with E-state index in [0.717, 1.165) is 11.3 Å². The van der Waals surface area contributed by atoms with E-state index in [1.54, 1.807) is 18.2 Å². The Morgan fingerprint density at radius 1 is 1.21 bits per heavy atom. The molecule has 0 bridgehead atoms. The molecule has 0 radical (unpaired) electrons. The second-order valence-electron chi connectivity index (χ2n) is 5.12. The molecule has 6 heteroatoms. The van der Waals surface area contributed by atoms with Crippen LogP contribution in [0.3, 0.4) is 0 Å². The van der Waals surface area contributed by atoms with Gasteiger partial charge in [0.1, 0.15) is 22.9 Å². The van der Waals surface area contributed by atoms with Gasteiger partial charge in [0.05, 0.1) is 7.11 Å². The third-order valence-electron chi connectivity index (χ3n) is 3.25. The second-order valence-corrected chi connectivity index (χ2v) is 5.12. The number of nitrogens with zero attached hydrogens (tertiary/aromatic N) is 2. The molecule has 0 saturated heterocycles. The predicted molar refractivity (Wildman–Crippen MR) is 91.8 cm³/mol. The molecule has 0 amide bonds. The first-order valence-electron chi connectivity index (χ1n) is 7.31. The number of aliphatic imine (C=N–C) groups is 1.